The molecule has 0 spiro atoms. The Hall–Kier alpha value is -0.820. The molecule has 0 bridgehead atoms. The van der Waals surface area contributed by atoms with Crippen molar-refractivity contribution < 1.29 is 19.1 Å². The molecule has 0 aromatic heterocycles. The number of hydrogen-bond acceptors (Lipinski definition) is 6. The third kappa shape index (κ3) is 13.4. The quantitative estimate of drug-likeness (QED) is 0.215. The average Bonchev–Trinajstić information content (AvgIpc) is 2.60. The van der Waals surface area contributed by atoms with Crippen molar-refractivity contribution >= 4 is 40.2 Å². The van der Waals surface area contributed by atoms with Gasteiger partial charge in [-0.1, -0.05) is 78.4 Å². The van der Waals surface area contributed by atoms with E-state index in [2.05, 4.69) is 32.6 Å². The number of unbranched alkanes of at least 4 members (excludes halogenated alkanes) is 2. The van der Waals surface area contributed by atoms with Crippen LogP contribution in [0.25, 0.3) is 0 Å². The van der Waals surface area contributed by atoms with Gasteiger partial charge >= 0.3 is 11.9 Å². The summed E-state index contributed by atoms with van der Waals surface area (Å²) in [7, 11) is 0. The van der Waals surface area contributed by atoms with Crippen molar-refractivity contribution in [2.45, 2.75) is 78.9 Å². The first kappa shape index (κ1) is 27.2. The van der Waals surface area contributed by atoms with Gasteiger partial charge in [-0.25, -0.2) is 0 Å². The first-order valence-corrected chi connectivity index (χ1v) is 11.8. The van der Waals surface area contributed by atoms with E-state index in [-0.39, 0.29) is 18.4 Å². The fraction of sp³-hybridized carbons (Fsp3) is 0.857. The zero-order chi connectivity index (χ0) is 21.5. The number of thiocarbonyl (C=S) groups is 1. The van der Waals surface area contributed by atoms with E-state index in [4.69, 9.17) is 21.7 Å². The minimum Gasteiger partial charge on any atom is -0.466 e. The highest BCUT2D eigenvalue weighted by Crippen LogP contribution is 2.23. The topological polar surface area (TPSA) is 55.8 Å². The molecule has 28 heavy (non-hydrogen) atoms. The Balaban J connectivity index is 5.05. The molecule has 0 rings (SSSR count). The summed E-state index contributed by atoms with van der Waals surface area (Å²) in [4.78, 5) is 26.9. The van der Waals surface area contributed by atoms with Gasteiger partial charge < -0.3 is 14.4 Å². The zero-order valence-electron chi connectivity index (χ0n) is 18.5. The second kappa shape index (κ2) is 16.0. The lowest BCUT2D eigenvalue weighted by molar-refractivity contribution is -0.149. The summed E-state index contributed by atoms with van der Waals surface area (Å²) in [6, 6.07) is 0. The van der Waals surface area contributed by atoms with Gasteiger partial charge in [0, 0.05) is 13.1 Å². The fourth-order valence-corrected chi connectivity index (χ4v) is 3.85. The molecule has 0 aliphatic heterocycles. The van der Waals surface area contributed by atoms with Gasteiger partial charge in [0.2, 0.25) is 0 Å². The largest absolute Gasteiger partial charge is 0.466 e. The molecule has 0 aliphatic carbocycles. The SMILES string of the molecule is CCCCOC(=O)CC(SC(=S)N(CC(C)C)CC(C)C)C(=O)OCCCC. The van der Waals surface area contributed by atoms with Crippen molar-refractivity contribution in [3.63, 3.8) is 0 Å². The van der Waals surface area contributed by atoms with Crippen molar-refractivity contribution in [1.29, 1.82) is 0 Å². The minimum atomic E-state index is -0.666. The van der Waals surface area contributed by atoms with Crippen LogP contribution in [0.3, 0.4) is 0 Å². The van der Waals surface area contributed by atoms with Crippen LogP contribution < -0.4 is 0 Å². The molecule has 0 N–H and O–H groups in total. The van der Waals surface area contributed by atoms with Crippen LogP contribution in [0.2, 0.25) is 0 Å². The second-order valence-corrected chi connectivity index (χ2v) is 9.70. The smallest absolute Gasteiger partial charge is 0.320 e. The van der Waals surface area contributed by atoms with E-state index in [1.807, 2.05) is 13.8 Å². The molecule has 0 saturated carbocycles. The monoisotopic (exact) mass is 433 g/mol. The van der Waals surface area contributed by atoms with Crippen LogP contribution in [0.5, 0.6) is 0 Å². The van der Waals surface area contributed by atoms with Gasteiger partial charge in [0.05, 0.1) is 19.6 Å². The van der Waals surface area contributed by atoms with Gasteiger partial charge in [0.25, 0.3) is 0 Å². The number of carbonyl (C=O) groups is 2. The number of thioether (sulfide) groups is 1. The second-order valence-electron chi connectivity index (χ2n) is 7.86. The molecular weight excluding hydrogens is 394 g/mol. The van der Waals surface area contributed by atoms with E-state index < -0.39 is 5.25 Å². The summed E-state index contributed by atoms with van der Waals surface area (Å²) >= 11 is 6.88. The standard InChI is InChI=1S/C21H39NO4S2/c1-7-9-11-25-19(23)13-18(20(24)26-12-10-8-2)28-21(27)22(14-16(3)4)15-17(5)6/h16-18H,7-15H2,1-6H3. The summed E-state index contributed by atoms with van der Waals surface area (Å²) in [6.07, 6.45) is 3.50. The first-order chi connectivity index (χ1) is 13.2. The number of hydrogen-bond donors (Lipinski definition) is 0. The molecule has 0 fully saturated rings. The molecule has 0 aromatic carbocycles. The molecule has 0 aromatic rings. The van der Waals surface area contributed by atoms with Crippen LogP contribution in [0.15, 0.2) is 0 Å². The summed E-state index contributed by atoms with van der Waals surface area (Å²) in [5.74, 6) is 0.139. The average molecular weight is 434 g/mol. The molecule has 0 saturated heterocycles. The number of carbonyl (C=O) groups excluding carboxylic acids is 2. The molecule has 0 amide bonds. The maximum atomic E-state index is 12.6. The van der Waals surface area contributed by atoms with Crippen LogP contribution in [0.4, 0.5) is 0 Å². The Bertz CT molecular complexity index is 459. The Kier molecular flexibility index (Phi) is 15.6. The summed E-state index contributed by atoms with van der Waals surface area (Å²) in [5.41, 5.74) is 0. The predicted octanol–water partition coefficient (Wildman–Crippen LogP) is 5.06. The maximum Gasteiger partial charge on any atom is 0.320 e. The van der Waals surface area contributed by atoms with Crippen LogP contribution in [-0.4, -0.2) is 52.7 Å². The molecule has 7 heteroatoms. The minimum absolute atomic E-state index is 0.0172. The van der Waals surface area contributed by atoms with E-state index in [1.54, 1.807) is 0 Å². The zero-order valence-corrected chi connectivity index (χ0v) is 20.1. The van der Waals surface area contributed by atoms with Crippen molar-refractivity contribution in [2.75, 3.05) is 26.3 Å². The lowest BCUT2D eigenvalue weighted by atomic mass is 10.1. The third-order valence-electron chi connectivity index (χ3n) is 3.79. The summed E-state index contributed by atoms with van der Waals surface area (Å²) < 4.78 is 11.3. The Morgan fingerprint density at radius 2 is 1.43 bits per heavy atom. The third-order valence-corrected chi connectivity index (χ3v) is 5.44. The Labute approximate surface area is 181 Å². The Morgan fingerprint density at radius 3 is 1.89 bits per heavy atom. The number of rotatable bonds is 14. The molecule has 5 nitrogen and oxygen atoms in total. The lowest BCUT2D eigenvalue weighted by Crippen LogP contribution is -2.37. The van der Waals surface area contributed by atoms with Crippen molar-refractivity contribution in [3.05, 3.63) is 0 Å². The first-order valence-electron chi connectivity index (χ1n) is 10.5. The maximum absolute atomic E-state index is 12.6. The molecule has 1 unspecified atom stereocenters. The molecule has 0 radical (unpaired) electrons. The van der Waals surface area contributed by atoms with Gasteiger partial charge in [-0.05, 0) is 24.7 Å². The van der Waals surface area contributed by atoms with Crippen LogP contribution in [0.1, 0.15) is 73.6 Å². The van der Waals surface area contributed by atoms with Crippen LogP contribution in [-0.2, 0) is 19.1 Å². The molecule has 0 heterocycles. The Morgan fingerprint density at radius 1 is 0.929 bits per heavy atom. The van der Waals surface area contributed by atoms with Crippen molar-refractivity contribution in [3.8, 4) is 0 Å². The van der Waals surface area contributed by atoms with Crippen LogP contribution >= 0.6 is 24.0 Å². The van der Waals surface area contributed by atoms with E-state index in [9.17, 15) is 9.59 Å². The lowest BCUT2D eigenvalue weighted by Gasteiger charge is -2.29. The number of nitrogens with zero attached hydrogens (tertiary/aromatic N) is 1. The highest BCUT2D eigenvalue weighted by Gasteiger charge is 2.28. The predicted molar refractivity (Wildman–Crippen MR) is 122 cm³/mol. The van der Waals surface area contributed by atoms with E-state index in [0.717, 1.165) is 38.8 Å². The van der Waals surface area contributed by atoms with Gasteiger partial charge in [-0.15, -0.1) is 0 Å². The summed E-state index contributed by atoms with van der Waals surface area (Å²) in [5, 5.41) is -0.666. The fourth-order valence-electron chi connectivity index (χ4n) is 2.43. The number of esters is 2. The molecular formula is C21H39NO4S2. The van der Waals surface area contributed by atoms with Gasteiger partial charge in [-0.2, -0.15) is 0 Å². The summed E-state index contributed by atoms with van der Waals surface area (Å²) in [6.45, 7) is 15.0. The highest BCUT2D eigenvalue weighted by molar-refractivity contribution is 8.23. The van der Waals surface area contributed by atoms with Gasteiger partial charge in [0.1, 0.15) is 9.57 Å². The van der Waals surface area contributed by atoms with E-state index in [1.165, 1.54) is 11.8 Å². The number of ether oxygens (including phenoxy) is 2. The highest BCUT2D eigenvalue weighted by atomic mass is 32.2. The van der Waals surface area contributed by atoms with Gasteiger partial charge in [-0.3, -0.25) is 9.59 Å². The van der Waals surface area contributed by atoms with Crippen LogP contribution in [0, 0.1) is 11.8 Å². The molecule has 1 atom stereocenters. The van der Waals surface area contributed by atoms with E-state index >= 15 is 0 Å². The molecule has 0 aliphatic rings. The molecule has 164 valence electrons. The van der Waals surface area contributed by atoms with Crippen molar-refractivity contribution in [1.82, 2.24) is 4.90 Å². The van der Waals surface area contributed by atoms with Crippen molar-refractivity contribution in [2.24, 2.45) is 11.8 Å². The van der Waals surface area contributed by atoms with E-state index in [0.29, 0.717) is 29.4 Å². The normalized spacial score (nSPS) is 12.1. The van der Waals surface area contributed by atoms with Gasteiger partial charge in [0.15, 0.2) is 0 Å².